The highest BCUT2D eigenvalue weighted by atomic mass is 35.5. The number of amides is 3. The summed E-state index contributed by atoms with van der Waals surface area (Å²) < 4.78 is 5.35. The molecular weight excluding hydrogens is 394 g/mol. The Labute approximate surface area is 176 Å². The quantitative estimate of drug-likeness (QED) is 0.765. The molecule has 0 spiro atoms. The number of anilines is 1. The Balaban J connectivity index is 1.67. The number of carbonyl (C=O) groups excluding carboxylic acids is 3. The molecule has 1 aromatic carbocycles. The van der Waals surface area contributed by atoms with Crippen molar-refractivity contribution < 1.29 is 19.1 Å². The van der Waals surface area contributed by atoms with E-state index in [0.29, 0.717) is 36.1 Å². The van der Waals surface area contributed by atoms with Crippen LogP contribution in [0.25, 0.3) is 0 Å². The van der Waals surface area contributed by atoms with Gasteiger partial charge in [-0.3, -0.25) is 14.4 Å². The Kier molecular flexibility index (Phi) is 7.00. The molecule has 2 atom stereocenters. The van der Waals surface area contributed by atoms with Crippen LogP contribution >= 0.6 is 11.6 Å². The molecule has 2 fully saturated rings. The minimum atomic E-state index is -0.427. The smallest absolute Gasteiger partial charge is 0.228 e. The normalized spacial score (nSPS) is 22.0. The lowest BCUT2D eigenvalue weighted by atomic mass is 9.95. The second-order valence-corrected chi connectivity index (χ2v) is 8.07. The number of hydrogen-bond donors (Lipinski definition) is 1. The summed E-state index contributed by atoms with van der Waals surface area (Å²) in [5, 5.41) is 3.42. The second kappa shape index (κ2) is 9.48. The number of piperidine rings is 1. The van der Waals surface area contributed by atoms with E-state index in [2.05, 4.69) is 5.32 Å². The highest BCUT2D eigenvalue weighted by Gasteiger charge is 2.39. The number of hydrogen-bond acceptors (Lipinski definition) is 4. The molecule has 3 amide bonds. The van der Waals surface area contributed by atoms with Gasteiger partial charge in [0.1, 0.15) is 5.75 Å². The van der Waals surface area contributed by atoms with Crippen LogP contribution in [-0.4, -0.2) is 55.9 Å². The molecule has 3 rings (SSSR count). The monoisotopic (exact) mass is 421 g/mol. The molecule has 0 radical (unpaired) electrons. The van der Waals surface area contributed by atoms with Crippen LogP contribution in [0.2, 0.25) is 5.02 Å². The molecule has 7 nitrogen and oxygen atoms in total. The van der Waals surface area contributed by atoms with Crippen LogP contribution in [0.3, 0.4) is 0 Å². The minimum Gasteiger partial charge on any atom is -0.495 e. The van der Waals surface area contributed by atoms with Gasteiger partial charge < -0.3 is 19.9 Å². The molecule has 8 heteroatoms. The molecule has 2 unspecified atom stereocenters. The van der Waals surface area contributed by atoms with E-state index in [-0.39, 0.29) is 36.6 Å². The topological polar surface area (TPSA) is 79.0 Å². The number of nitrogens with one attached hydrogen (secondary N) is 1. The second-order valence-electron chi connectivity index (χ2n) is 7.64. The number of halogens is 1. The Hall–Kier alpha value is -2.28. The molecule has 29 heavy (non-hydrogen) atoms. The van der Waals surface area contributed by atoms with Crippen LogP contribution in [0, 0.1) is 11.8 Å². The summed E-state index contributed by atoms with van der Waals surface area (Å²) in [5.41, 5.74) is 0.579. The van der Waals surface area contributed by atoms with Gasteiger partial charge in [-0.05, 0) is 37.5 Å². The third-order valence-corrected chi connectivity index (χ3v) is 5.79. The van der Waals surface area contributed by atoms with Gasteiger partial charge in [0, 0.05) is 37.6 Å². The number of ether oxygens (including phenoxy) is 1. The maximum absolute atomic E-state index is 13.1. The minimum absolute atomic E-state index is 0.0112. The lowest BCUT2D eigenvalue weighted by Gasteiger charge is -2.33. The van der Waals surface area contributed by atoms with E-state index in [1.165, 1.54) is 7.11 Å². The maximum atomic E-state index is 13.1. The molecule has 2 heterocycles. The van der Waals surface area contributed by atoms with Gasteiger partial charge in [0.2, 0.25) is 17.7 Å². The van der Waals surface area contributed by atoms with Crippen molar-refractivity contribution in [3.63, 3.8) is 0 Å². The van der Waals surface area contributed by atoms with Crippen molar-refractivity contribution in [2.45, 2.75) is 32.6 Å². The average molecular weight is 422 g/mol. The Morgan fingerprint density at radius 1 is 1.28 bits per heavy atom. The average Bonchev–Trinajstić information content (AvgIpc) is 3.12. The fourth-order valence-electron chi connectivity index (χ4n) is 4.02. The summed E-state index contributed by atoms with van der Waals surface area (Å²) in [6.45, 7) is 3.99. The summed E-state index contributed by atoms with van der Waals surface area (Å²) in [6, 6.07) is 5.09. The Morgan fingerprint density at radius 2 is 2.07 bits per heavy atom. The van der Waals surface area contributed by atoms with Crippen LogP contribution in [0.1, 0.15) is 32.6 Å². The van der Waals surface area contributed by atoms with Gasteiger partial charge in [-0.25, -0.2) is 0 Å². The van der Waals surface area contributed by atoms with Crippen molar-refractivity contribution in [1.29, 1.82) is 0 Å². The highest BCUT2D eigenvalue weighted by Crippen LogP contribution is 2.36. The van der Waals surface area contributed by atoms with E-state index in [0.717, 1.165) is 19.3 Å². The summed E-state index contributed by atoms with van der Waals surface area (Å²) in [4.78, 5) is 41.3. The molecule has 2 saturated heterocycles. The summed E-state index contributed by atoms with van der Waals surface area (Å²) in [6.07, 6.45) is 2.61. The number of carbonyl (C=O) groups is 3. The zero-order valence-electron chi connectivity index (χ0n) is 16.9. The molecular formula is C21H28ClN3O4. The van der Waals surface area contributed by atoms with E-state index in [1.807, 2.05) is 6.92 Å². The number of likely N-dealkylation sites (tertiary alicyclic amines) is 1. The molecule has 0 aromatic heterocycles. The van der Waals surface area contributed by atoms with Gasteiger partial charge in [-0.15, -0.1) is 0 Å². The van der Waals surface area contributed by atoms with Crippen molar-refractivity contribution >= 4 is 35.0 Å². The summed E-state index contributed by atoms with van der Waals surface area (Å²) >= 11 is 6.10. The summed E-state index contributed by atoms with van der Waals surface area (Å²) in [7, 11) is 1.54. The van der Waals surface area contributed by atoms with Gasteiger partial charge in [-0.2, -0.15) is 0 Å². The standard InChI is InChI=1S/C21H28ClN3O4/c1-3-8-23-20(27)14-5-4-9-24(12-14)21(28)15-10-19(26)25(13-15)17-11-16(22)6-7-18(17)29-2/h6-7,11,14-15H,3-5,8-10,12-13H2,1-2H3,(H,23,27). The van der Waals surface area contributed by atoms with E-state index in [1.54, 1.807) is 28.0 Å². The van der Waals surface area contributed by atoms with E-state index in [9.17, 15) is 14.4 Å². The molecule has 2 aliphatic heterocycles. The number of benzene rings is 1. The van der Waals surface area contributed by atoms with Crippen molar-refractivity contribution in [3.8, 4) is 5.75 Å². The molecule has 1 aromatic rings. The Morgan fingerprint density at radius 3 is 2.79 bits per heavy atom. The van der Waals surface area contributed by atoms with Crippen LogP contribution in [-0.2, 0) is 14.4 Å². The maximum Gasteiger partial charge on any atom is 0.228 e. The first-order chi connectivity index (χ1) is 13.9. The molecule has 0 bridgehead atoms. The molecule has 158 valence electrons. The first-order valence-corrected chi connectivity index (χ1v) is 10.5. The van der Waals surface area contributed by atoms with Gasteiger partial charge in [0.05, 0.1) is 24.6 Å². The molecule has 2 aliphatic rings. The van der Waals surface area contributed by atoms with Gasteiger partial charge >= 0.3 is 0 Å². The predicted molar refractivity (Wildman–Crippen MR) is 111 cm³/mol. The fraction of sp³-hybridized carbons (Fsp3) is 0.571. The van der Waals surface area contributed by atoms with Crippen LogP contribution in [0.5, 0.6) is 5.75 Å². The highest BCUT2D eigenvalue weighted by molar-refractivity contribution is 6.31. The summed E-state index contributed by atoms with van der Waals surface area (Å²) in [5.74, 6) is -0.240. The van der Waals surface area contributed by atoms with Crippen LogP contribution < -0.4 is 15.0 Å². The van der Waals surface area contributed by atoms with Crippen molar-refractivity contribution in [2.75, 3.05) is 38.2 Å². The first kappa shape index (κ1) is 21.4. The lowest BCUT2D eigenvalue weighted by molar-refractivity contribution is -0.139. The number of methoxy groups -OCH3 is 1. The third-order valence-electron chi connectivity index (χ3n) is 5.56. The first-order valence-electron chi connectivity index (χ1n) is 10.1. The molecule has 0 saturated carbocycles. The van der Waals surface area contributed by atoms with Crippen molar-refractivity contribution in [1.82, 2.24) is 10.2 Å². The zero-order valence-corrected chi connectivity index (χ0v) is 17.7. The molecule has 0 aliphatic carbocycles. The van der Waals surface area contributed by atoms with Crippen LogP contribution in [0.15, 0.2) is 18.2 Å². The third kappa shape index (κ3) is 4.83. The fourth-order valence-corrected chi connectivity index (χ4v) is 4.19. The molecule has 1 N–H and O–H groups in total. The van der Waals surface area contributed by atoms with E-state index in [4.69, 9.17) is 16.3 Å². The number of rotatable bonds is 6. The zero-order chi connectivity index (χ0) is 21.0. The van der Waals surface area contributed by atoms with Crippen molar-refractivity contribution in [2.24, 2.45) is 11.8 Å². The van der Waals surface area contributed by atoms with Gasteiger partial charge in [0.25, 0.3) is 0 Å². The lowest BCUT2D eigenvalue weighted by Crippen LogP contribution is -2.47. The SMILES string of the molecule is CCCNC(=O)C1CCCN(C(=O)C2CC(=O)N(c3cc(Cl)ccc3OC)C2)C1. The van der Waals surface area contributed by atoms with Crippen molar-refractivity contribution in [3.05, 3.63) is 23.2 Å². The Bertz CT molecular complexity index is 785. The largest absolute Gasteiger partial charge is 0.495 e. The van der Waals surface area contributed by atoms with Gasteiger partial charge in [0.15, 0.2) is 0 Å². The van der Waals surface area contributed by atoms with Gasteiger partial charge in [-0.1, -0.05) is 18.5 Å². The van der Waals surface area contributed by atoms with E-state index < -0.39 is 5.92 Å². The number of nitrogens with zero attached hydrogens (tertiary/aromatic N) is 2. The van der Waals surface area contributed by atoms with Crippen LogP contribution in [0.4, 0.5) is 5.69 Å². The van der Waals surface area contributed by atoms with E-state index >= 15 is 0 Å². The predicted octanol–water partition coefficient (Wildman–Crippen LogP) is 2.47.